The van der Waals surface area contributed by atoms with Crippen molar-refractivity contribution in [1.29, 1.82) is 0 Å². The van der Waals surface area contributed by atoms with Gasteiger partial charge in [0, 0.05) is 17.2 Å². The van der Waals surface area contributed by atoms with Gasteiger partial charge in [0.25, 0.3) is 0 Å². The van der Waals surface area contributed by atoms with E-state index >= 15 is 0 Å². The van der Waals surface area contributed by atoms with E-state index in [1.807, 2.05) is 0 Å². The first-order valence-electron chi connectivity index (χ1n) is 6.97. The van der Waals surface area contributed by atoms with Crippen LogP contribution >= 0.6 is 0 Å². The number of aliphatic carboxylic acids is 1. The fourth-order valence-corrected chi connectivity index (χ4v) is 2.03. The first-order valence-corrected chi connectivity index (χ1v) is 6.97. The van der Waals surface area contributed by atoms with E-state index in [9.17, 15) is 14.4 Å². The van der Waals surface area contributed by atoms with E-state index < -0.39 is 11.9 Å². The van der Waals surface area contributed by atoms with Crippen molar-refractivity contribution in [2.24, 2.45) is 0 Å². The smallest absolute Gasteiger partial charge is 0.335 e. The maximum atomic E-state index is 12.4. The van der Waals surface area contributed by atoms with Gasteiger partial charge in [-0.15, -0.1) is 0 Å². The van der Waals surface area contributed by atoms with Crippen molar-refractivity contribution in [2.75, 3.05) is 0 Å². The molecule has 2 rings (SSSR count). The van der Waals surface area contributed by atoms with E-state index in [0.717, 1.165) is 6.08 Å². The lowest BCUT2D eigenvalue weighted by atomic mass is 9.97. The van der Waals surface area contributed by atoms with E-state index in [-0.39, 0.29) is 16.9 Å². The molecule has 2 aromatic carbocycles. The van der Waals surface area contributed by atoms with Gasteiger partial charge in [-0.25, -0.2) is 9.59 Å². The number of carboxylic acids is 2. The summed E-state index contributed by atoms with van der Waals surface area (Å²) in [5.41, 5.74) is 1.99. The first kappa shape index (κ1) is 16.9. The van der Waals surface area contributed by atoms with Crippen molar-refractivity contribution in [3.8, 4) is 0 Å². The van der Waals surface area contributed by atoms with Crippen molar-refractivity contribution in [3.63, 3.8) is 0 Å². The van der Waals surface area contributed by atoms with Crippen molar-refractivity contribution in [1.82, 2.24) is 0 Å². The fourth-order valence-electron chi connectivity index (χ4n) is 2.03. The summed E-state index contributed by atoms with van der Waals surface area (Å²) >= 11 is 0. The summed E-state index contributed by atoms with van der Waals surface area (Å²) < 4.78 is 0. The van der Waals surface area contributed by atoms with Gasteiger partial charge in [-0.2, -0.15) is 0 Å². The molecule has 2 N–H and O–H groups in total. The lowest BCUT2D eigenvalue weighted by molar-refractivity contribution is -0.131. The third kappa shape index (κ3) is 4.04. The summed E-state index contributed by atoms with van der Waals surface area (Å²) in [7, 11) is 0. The number of rotatable bonds is 6. The standard InChI is InChI=1S/C19H14O5/c1-12(14-7-9-16(10-8-14)19(23)24)18(22)15-5-2-13(3-6-15)4-11-17(20)21/h2-11H,1H2,(H,20,21)(H,23,24)/b11-4+. The van der Waals surface area contributed by atoms with E-state index in [1.54, 1.807) is 24.3 Å². The Labute approximate surface area is 138 Å². The zero-order valence-electron chi connectivity index (χ0n) is 12.6. The number of hydrogen-bond donors (Lipinski definition) is 2. The minimum absolute atomic E-state index is 0.133. The molecule has 0 fully saturated rings. The summed E-state index contributed by atoms with van der Waals surface area (Å²) in [6.45, 7) is 3.77. The van der Waals surface area contributed by atoms with Crippen LogP contribution < -0.4 is 0 Å². The summed E-state index contributed by atoms with van der Waals surface area (Å²) in [6.07, 6.45) is 2.44. The van der Waals surface area contributed by atoms with Crippen LogP contribution in [-0.2, 0) is 4.79 Å². The Morgan fingerprint density at radius 1 is 0.792 bits per heavy atom. The molecule has 0 amide bonds. The van der Waals surface area contributed by atoms with Gasteiger partial charge in [-0.05, 0) is 29.3 Å². The summed E-state index contributed by atoms with van der Waals surface area (Å²) in [6, 6.07) is 12.3. The molecule has 0 aliphatic carbocycles. The van der Waals surface area contributed by atoms with E-state index in [4.69, 9.17) is 10.2 Å². The van der Waals surface area contributed by atoms with Crippen molar-refractivity contribution in [3.05, 3.63) is 83.4 Å². The largest absolute Gasteiger partial charge is 0.478 e. The Bertz CT molecular complexity index is 827. The molecule has 0 spiro atoms. The average Bonchev–Trinajstić information content (AvgIpc) is 2.59. The van der Waals surface area contributed by atoms with Gasteiger partial charge < -0.3 is 10.2 Å². The van der Waals surface area contributed by atoms with Crippen LogP contribution in [0.4, 0.5) is 0 Å². The molecule has 0 unspecified atom stereocenters. The average molecular weight is 322 g/mol. The van der Waals surface area contributed by atoms with Gasteiger partial charge in [0.2, 0.25) is 0 Å². The Kier molecular flexibility index (Phi) is 5.06. The van der Waals surface area contributed by atoms with Crippen molar-refractivity contribution < 1.29 is 24.6 Å². The SMILES string of the molecule is C=C(C(=O)c1ccc(/C=C/C(=O)O)cc1)c1ccc(C(=O)O)cc1. The topological polar surface area (TPSA) is 91.7 Å². The predicted octanol–water partition coefficient (Wildman–Crippen LogP) is 3.38. The maximum Gasteiger partial charge on any atom is 0.335 e. The van der Waals surface area contributed by atoms with Crippen LogP contribution in [0.2, 0.25) is 0 Å². The highest BCUT2D eigenvalue weighted by Gasteiger charge is 2.13. The Hall–Kier alpha value is -3.47. The van der Waals surface area contributed by atoms with Crippen LogP contribution in [0.1, 0.15) is 31.8 Å². The molecule has 2 aromatic rings. The summed E-state index contributed by atoms with van der Waals surface area (Å²) in [5.74, 6) is -2.37. The number of ketones is 1. The number of carbonyl (C=O) groups is 3. The molecule has 5 heteroatoms. The molecular weight excluding hydrogens is 308 g/mol. The Balaban J connectivity index is 2.17. The highest BCUT2D eigenvalue weighted by atomic mass is 16.4. The number of benzene rings is 2. The first-order chi connectivity index (χ1) is 11.4. The molecule has 0 atom stereocenters. The highest BCUT2D eigenvalue weighted by molar-refractivity contribution is 6.28. The molecule has 120 valence electrons. The van der Waals surface area contributed by atoms with Crippen LogP contribution in [0, 0.1) is 0 Å². The molecule has 24 heavy (non-hydrogen) atoms. The second kappa shape index (κ2) is 7.19. The van der Waals surface area contributed by atoms with Gasteiger partial charge in [-0.3, -0.25) is 4.79 Å². The van der Waals surface area contributed by atoms with Crippen LogP contribution in [0.25, 0.3) is 11.6 Å². The van der Waals surface area contributed by atoms with Crippen LogP contribution in [0.3, 0.4) is 0 Å². The van der Waals surface area contributed by atoms with Crippen molar-refractivity contribution >= 4 is 29.4 Å². The zero-order valence-corrected chi connectivity index (χ0v) is 12.6. The molecule has 0 aliphatic rings. The van der Waals surface area contributed by atoms with Gasteiger partial charge in [0.15, 0.2) is 5.78 Å². The fraction of sp³-hybridized carbons (Fsp3) is 0. The minimum Gasteiger partial charge on any atom is -0.478 e. The molecule has 0 radical (unpaired) electrons. The number of carboxylic acid groups (broad SMARTS) is 2. The van der Waals surface area contributed by atoms with E-state index in [2.05, 4.69) is 6.58 Å². The predicted molar refractivity (Wildman–Crippen MR) is 89.9 cm³/mol. The van der Waals surface area contributed by atoms with E-state index in [0.29, 0.717) is 16.7 Å². The summed E-state index contributed by atoms with van der Waals surface area (Å²) in [5, 5.41) is 17.5. The van der Waals surface area contributed by atoms with Crippen LogP contribution in [0.15, 0.2) is 61.2 Å². The molecule has 0 aliphatic heterocycles. The minimum atomic E-state index is -1.05. The van der Waals surface area contributed by atoms with E-state index in [1.165, 1.54) is 30.3 Å². The highest BCUT2D eigenvalue weighted by Crippen LogP contribution is 2.19. The molecule has 0 heterocycles. The Morgan fingerprint density at radius 3 is 1.79 bits per heavy atom. The van der Waals surface area contributed by atoms with Crippen LogP contribution in [-0.4, -0.2) is 27.9 Å². The number of carbonyl (C=O) groups excluding carboxylic acids is 1. The maximum absolute atomic E-state index is 12.4. The third-order valence-electron chi connectivity index (χ3n) is 3.35. The van der Waals surface area contributed by atoms with Crippen molar-refractivity contribution in [2.45, 2.75) is 0 Å². The number of aromatic carboxylic acids is 1. The molecule has 0 bridgehead atoms. The number of Topliss-reactive ketones (excluding diaryl/α,β-unsaturated/α-hetero) is 1. The van der Waals surface area contributed by atoms with Gasteiger partial charge in [-0.1, -0.05) is 43.0 Å². The monoisotopic (exact) mass is 322 g/mol. The summed E-state index contributed by atoms with van der Waals surface area (Å²) in [4.78, 5) is 33.7. The molecule has 5 nitrogen and oxygen atoms in total. The number of hydrogen-bond acceptors (Lipinski definition) is 3. The molecule has 0 saturated heterocycles. The molecule has 0 saturated carbocycles. The third-order valence-corrected chi connectivity index (χ3v) is 3.35. The second-order valence-electron chi connectivity index (χ2n) is 4.98. The van der Waals surface area contributed by atoms with Gasteiger partial charge >= 0.3 is 11.9 Å². The zero-order chi connectivity index (χ0) is 17.7. The normalized spacial score (nSPS) is 10.5. The van der Waals surface area contributed by atoms with Gasteiger partial charge in [0.1, 0.15) is 0 Å². The van der Waals surface area contributed by atoms with Crippen LogP contribution in [0.5, 0.6) is 0 Å². The molecular formula is C19H14O5. The Morgan fingerprint density at radius 2 is 1.29 bits per heavy atom. The molecule has 0 aromatic heterocycles. The van der Waals surface area contributed by atoms with Gasteiger partial charge in [0.05, 0.1) is 5.56 Å². The lowest BCUT2D eigenvalue weighted by Crippen LogP contribution is -2.02. The second-order valence-corrected chi connectivity index (χ2v) is 4.98. The number of allylic oxidation sites excluding steroid dienone is 1. The quantitative estimate of drug-likeness (QED) is 0.628. The lowest BCUT2D eigenvalue weighted by Gasteiger charge is -2.06.